The summed E-state index contributed by atoms with van der Waals surface area (Å²) in [6, 6.07) is 0.841. The summed E-state index contributed by atoms with van der Waals surface area (Å²) >= 11 is 11.2. The summed E-state index contributed by atoms with van der Waals surface area (Å²) in [6.45, 7) is 0. The van der Waals surface area contributed by atoms with Gasteiger partial charge >= 0.3 is 5.24 Å². The summed E-state index contributed by atoms with van der Waals surface area (Å²) in [6.07, 6.45) is 0.968. The van der Waals surface area contributed by atoms with E-state index >= 15 is 0 Å². The lowest BCUT2D eigenvalue weighted by Gasteiger charge is -2.07. The molecule has 0 saturated heterocycles. The largest absolute Gasteiger partial charge is 0.737 e. The highest BCUT2D eigenvalue weighted by molar-refractivity contribution is 7.97. The first kappa shape index (κ1) is 13.1. The summed E-state index contributed by atoms with van der Waals surface area (Å²) in [5.41, 5.74) is -1.18. The van der Waals surface area contributed by atoms with Crippen LogP contribution in [0.1, 0.15) is 20.8 Å². The van der Waals surface area contributed by atoms with Gasteiger partial charge in [-0.2, -0.15) is 0 Å². The molecule has 1 aromatic heterocycles. The fraction of sp³-hybridized carbons (Fsp3) is 0. The zero-order valence-electron chi connectivity index (χ0n) is 7.51. The second-order valence-corrected chi connectivity index (χ2v) is 3.79. The molecule has 84 valence electrons. The van der Waals surface area contributed by atoms with Crippen LogP contribution < -0.4 is 4.57 Å². The number of aromatic nitrogens is 1. The third kappa shape index (κ3) is 2.39. The molecule has 0 N–H and O–H groups in total. The average molecular weight is 277 g/mol. The molecule has 0 bridgehead atoms. The predicted octanol–water partition coefficient (Wildman–Crippen LogP) is 0.768. The van der Waals surface area contributed by atoms with Crippen molar-refractivity contribution in [2.45, 2.75) is 0 Å². The quantitative estimate of drug-likeness (QED) is 0.476. The number of halogens is 1. The molecule has 0 aromatic carbocycles. The van der Waals surface area contributed by atoms with Gasteiger partial charge in [-0.25, -0.2) is 9.18 Å². The number of thiol groups is 2. The van der Waals surface area contributed by atoms with E-state index in [0.717, 1.165) is 12.3 Å². The van der Waals surface area contributed by atoms with Crippen LogP contribution in [0, 0.1) is 5.82 Å². The van der Waals surface area contributed by atoms with Crippen molar-refractivity contribution in [1.29, 1.82) is 0 Å². The molecule has 0 aliphatic heterocycles. The highest BCUT2D eigenvalue weighted by Crippen LogP contribution is 2.12. The molecule has 4 nitrogen and oxygen atoms in total. The molecule has 8 heteroatoms. The molecule has 1 aromatic rings. The van der Waals surface area contributed by atoms with Gasteiger partial charge in [0, 0.05) is 6.07 Å². The smallest absolute Gasteiger partial charge is 0.451 e. The van der Waals surface area contributed by atoms with E-state index in [1.807, 2.05) is 0 Å². The number of hydrogen-bond acceptors (Lipinski definition) is 4. The van der Waals surface area contributed by atoms with Gasteiger partial charge in [-0.3, -0.25) is 4.79 Å². The number of carbonyl (C=O) groups excluding carboxylic acids is 3. The van der Waals surface area contributed by atoms with E-state index in [-0.39, 0.29) is 0 Å². The number of rotatable bonds is 2. The minimum atomic E-state index is -1.08. The van der Waals surface area contributed by atoms with Crippen LogP contribution in [-0.4, -0.2) is 15.5 Å². The molecule has 0 unspecified atom stereocenters. The Morgan fingerprint density at radius 3 is 2.25 bits per heavy atom. The number of nitrogens with zero attached hydrogens (tertiary/aromatic N) is 1. The van der Waals surface area contributed by atoms with Crippen molar-refractivity contribution >= 4 is 53.4 Å². The second kappa shape index (κ2) is 4.89. The second-order valence-electron chi connectivity index (χ2n) is 2.63. The third-order valence-corrected chi connectivity index (χ3v) is 2.33. The molecule has 0 radical (unpaired) electrons. The van der Waals surface area contributed by atoms with Gasteiger partial charge < -0.3 is 17.4 Å². The van der Waals surface area contributed by atoms with Crippen LogP contribution in [0.5, 0.6) is 0 Å². The highest BCUT2D eigenvalue weighted by Gasteiger charge is 2.28. The Hall–Kier alpha value is -0.990. The van der Waals surface area contributed by atoms with E-state index in [2.05, 4.69) is 37.9 Å². The van der Waals surface area contributed by atoms with Crippen LogP contribution in [-0.2, 0) is 12.6 Å². The summed E-state index contributed by atoms with van der Waals surface area (Å²) in [5.74, 6) is -0.983. The average Bonchev–Trinajstić information content (AvgIpc) is 2.15. The maximum atomic E-state index is 13.3. The monoisotopic (exact) mass is 277 g/mol. The standard InChI is InChI=1S/C8H4FNO3S3/c9-3-1-2-10(8(13)16)5(7(12)15)4(3)6(11)14/h1-2H,(H2-,11,12,13,14,15,16). The lowest BCUT2D eigenvalue weighted by molar-refractivity contribution is -0.563. The minimum absolute atomic E-state index is 0.525. The molecule has 16 heavy (non-hydrogen) atoms. The van der Waals surface area contributed by atoms with E-state index in [1.165, 1.54) is 0 Å². The Kier molecular flexibility index (Phi) is 4.00. The van der Waals surface area contributed by atoms with E-state index in [9.17, 15) is 18.8 Å². The maximum Gasteiger partial charge on any atom is 0.451 e. The fourth-order valence-electron chi connectivity index (χ4n) is 1.09. The van der Waals surface area contributed by atoms with Crippen molar-refractivity contribution in [3.05, 3.63) is 29.3 Å². The van der Waals surface area contributed by atoms with E-state index in [4.69, 9.17) is 0 Å². The van der Waals surface area contributed by atoms with Gasteiger partial charge in [-0.15, -0.1) is 4.57 Å². The first-order chi connectivity index (χ1) is 7.36. The van der Waals surface area contributed by atoms with Crippen molar-refractivity contribution in [3.63, 3.8) is 0 Å². The minimum Gasteiger partial charge on any atom is -0.737 e. The van der Waals surface area contributed by atoms with Gasteiger partial charge in [0.15, 0.2) is 6.20 Å². The molecule has 0 atom stereocenters. The summed E-state index contributed by atoms with van der Waals surface area (Å²) in [7, 11) is 0. The van der Waals surface area contributed by atoms with Crippen LogP contribution in [0.3, 0.4) is 0 Å². The summed E-state index contributed by atoms with van der Waals surface area (Å²) < 4.78 is 14.0. The predicted molar refractivity (Wildman–Crippen MR) is 61.4 cm³/mol. The Morgan fingerprint density at radius 2 is 1.88 bits per heavy atom. The highest BCUT2D eigenvalue weighted by atomic mass is 32.1. The van der Waals surface area contributed by atoms with E-state index in [0.29, 0.717) is 4.57 Å². The van der Waals surface area contributed by atoms with E-state index < -0.39 is 32.5 Å². The third-order valence-electron chi connectivity index (χ3n) is 1.70. The number of hydrogen-bond donors (Lipinski definition) is 2. The molecule has 1 rings (SSSR count). The number of carbonyl (C=O) groups is 3. The van der Waals surface area contributed by atoms with Crippen LogP contribution >= 0.6 is 25.3 Å². The van der Waals surface area contributed by atoms with Gasteiger partial charge in [0.05, 0.1) is 5.12 Å². The van der Waals surface area contributed by atoms with Gasteiger partial charge in [-0.05, 0) is 12.6 Å². The molecule has 1 heterocycles. The molecule has 0 spiro atoms. The molecular formula is C8H4FNO3S3. The Morgan fingerprint density at radius 1 is 1.31 bits per heavy atom. The van der Waals surface area contributed by atoms with Crippen molar-refractivity contribution in [2.24, 2.45) is 0 Å². The molecule has 0 aliphatic rings. The molecule has 0 fully saturated rings. The molecule has 0 aliphatic carbocycles. The summed E-state index contributed by atoms with van der Waals surface area (Å²) in [5, 5.41) is -2.89. The van der Waals surface area contributed by atoms with Crippen molar-refractivity contribution in [1.82, 2.24) is 0 Å². The first-order valence-corrected chi connectivity index (χ1v) is 5.08. The Bertz CT molecular complexity index is 504. The lowest BCUT2D eigenvalue weighted by Crippen LogP contribution is -2.45. The molecular weight excluding hydrogens is 273 g/mol. The van der Waals surface area contributed by atoms with Crippen LogP contribution in [0.15, 0.2) is 12.3 Å². The Balaban J connectivity index is 3.70. The van der Waals surface area contributed by atoms with Crippen LogP contribution in [0.25, 0.3) is 0 Å². The van der Waals surface area contributed by atoms with Crippen molar-refractivity contribution < 1.29 is 23.3 Å². The van der Waals surface area contributed by atoms with Crippen molar-refractivity contribution in [2.75, 3.05) is 0 Å². The summed E-state index contributed by atoms with van der Waals surface area (Å²) in [4.78, 5) is 33.2. The zero-order chi connectivity index (χ0) is 12.5. The SMILES string of the molecule is O=C([S-])c1c(F)cc[n+](C(=O)S)c1C(=O)S. The normalized spacial score (nSPS) is 9.94. The topological polar surface area (TPSA) is 55.1 Å². The zero-order valence-corrected chi connectivity index (χ0v) is 10.1. The molecule has 0 saturated carbocycles. The fourth-order valence-corrected chi connectivity index (χ4v) is 1.68. The maximum absolute atomic E-state index is 13.3. The van der Waals surface area contributed by atoms with Crippen LogP contribution in [0.2, 0.25) is 0 Å². The van der Waals surface area contributed by atoms with Gasteiger partial charge in [0.2, 0.25) is 0 Å². The first-order valence-electron chi connectivity index (χ1n) is 3.78. The van der Waals surface area contributed by atoms with Gasteiger partial charge in [0.1, 0.15) is 11.4 Å². The molecule has 0 amide bonds. The Labute approximate surface area is 106 Å². The van der Waals surface area contributed by atoms with Gasteiger partial charge in [0.25, 0.3) is 10.8 Å². The van der Waals surface area contributed by atoms with Gasteiger partial charge in [-0.1, -0.05) is 12.6 Å². The lowest BCUT2D eigenvalue weighted by atomic mass is 10.2. The van der Waals surface area contributed by atoms with Crippen LogP contribution in [0.4, 0.5) is 9.18 Å². The van der Waals surface area contributed by atoms with Crippen molar-refractivity contribution in [3.8, 4) is 0 Å². The van der Waals surface area contributed by atoms with E-state index in [1.54, 1.807) is 0 Å². The number of pyridine rings is 1.